The van der Waals surface area contributed by atoms with Gasteiger partial charge in [0.25, 0.3) is 0 Å². The van der Waals surface area contributed by atoms with E-state index >= 15 is 0 Å². The predicted molar refractivity (Wildman–Crippen MR) is 98.1 cm³/mol. The Hall–Kier alpha value is -0.670. The number of Topliss-reactive ketones (excluding diaryl/α,β-unsaturated/α-hetero) is 1. The van der Waals surface area contributed by atoms with Crippen molar-refractivity contribution in [1.82, 2.24) is 0 Å². The molecule has 4 rings (SSSR count). The zero-order valence-electron chi connectivity index (χ0n) is 16.1. The normalized spacial score (nSPS) is 49.0. The van der Waals surface area contributed by atoms with Crippen LogP contribution < -0.4 is 0 Å². The number of ether oxygens (including phenoxy) is 1. The van der Waals surface area contributed by atoms with Crippen LogP contribution in [0.3, 0.4) is 0 Å². The van der Waals surface area contributed by atoms with E-state index in [0.717, 1.165) is 38.7 Å². The van der Waals surface area contributed by atoms with Gasteiger partial charge in [-0.25, -0.2) is 0 Å². The Balaban J connectivity index is 1.69. The zero-order valence-corrected chi connectivity index (χ0v) is 16.1. The van der Waals surface area contributed by atoms with E-state index in [1.54, 1.807) is 6.92 Å². The standard InChI is InChI=1S/C22H34O3/c1-14(23)18-6-7-19-17-5-4-15-12-16(24)8-11-22(15,13-25-3)20(17)9-10-21(18,19)2/h4,16-20,24H,5-13H2,1-3H3/t16-,17?,18?,19?,20?,21?,22?/m0/s1. The van der Waals surface area contributed by atoms with Crippen LogP contribution in [0.15, 0.2) is 11.6 Å². The monoisotopic (exact) mass is 346 g/mol. The maximum atomic E-state index is 12.2. The molecule has 0 aromatic carbocycles. The van der Waals surface area contributed by atoms with Gasteiger partial charge in [0.15, 0.2) is 0 Å². The summed E-state index contributed by atoms with van der Waals surface area (Å²) < 4.78 is 5.75. The molecule has 3 saturated carbocycles. The molecule has 0 saturated heterocycles. The fourth-order valence-corrected chi connectivity index (χ4v) is 7.63. The SMILES string of the molecule is COCC12CC[C@H](O)CC1=CCC1C2CCC2(C)C(C(C)=O)CCC12. The Labute approximate surface area is 152 Å². The number of carbonyl (C=O) groups excluding carboxylic acids is 1. The second-order valence-corrected chi connectivity index (χ2v) is 9.61. The lowest BCUT2D eigenvalue weighted by atomic mass is 9.47. The van der Waals surface area contributed by atoms with Gasteiger partial charge in [-0.2, -0.15) is 0 Å². The van der Waals surface area contributed by atoms with Crippen molar-refractivity contribution in [2.75, 3.05) is 13.7 Å². The number of allylic oxidation sites excluding steroid dienone is 1. The second-order valence-electron chi connectivity index (χ2n) is 9.61. The van der Waals surface area contributed by atoms with Crippen molar-refractivity contribution >= 4 is 5.78 Å². The van der Waals surface area contributed by atoms with Crippen molar-refractivity contribution in [2.45, 2.75) is 71.3 Å². The third kappa shape index (κ3) is 2.49. The largest absolute Gasteiger partial charge is 0.393 e. The van der Waals surface area contributed by atoms with Crippen LogP contribution in [0.5, 0.6) is 0 Å². The van der Waals surface area contributed by atoms with Gasteiger partial charge in [-0.15, -0.1) is 0 Å². The molecule has 6 unspecified atom stereocenters. The number of hydrogen-bond acceptors (Lipinski definition) is 3. The summed E-state index contributed by atoms with van der Waals surface area (Å²) in [6, 6.07) is 0. The molecule has 0 aliphatic heterocycles. The summed E-state index contributed by atoms with van der Waals surface area (Å²) in [5.41, 5.74) is 1.83. The van der Waals surface area contributed by atoms with Gasteiger partial charge in [-0.1, -0.05) is 18.6 Å². The second kappa shape index (κ2) is 6.20. The minimum absolute atomic E-state index is 0.145. The lowest BCUT2D eigenvalue weighted by Crippen LogP contribution is -2.53. The molecular weight excluding hydrogens is 312 g/mol. The lowest BCUT2D eigenvalue weighted by Gasteiger charge is -2.58. The first-order valence-electron chi connectivity index (χ1n) is 10.3. The third-order valence-corrected chi connectivity index (χ3v) is 8.69. The summed E-state index contributed by atoms with van der Waals surface area (Å²) in [6.07, 6.45) is 10.9. The van der Waals surface area contributed by atoms with Crippen molar-refractivity contribution in [3.63, 3.8) is 0 Å². The van der Waals surface area contributed by atoms with Gasteiger partial charge in [0.1, 0.15) is 5.78 Å². The molecule has 1 N–H and O–H groups in total. The molecule has 0 amide bonds. The van der Waals surface area contributed by atoms with Crippen LogP contribution in [0.2, 0.25) is 0 Å². The summed E-state index contributed by atoms with van der Waals surface area (Å²) in [5.74, 6) is 2.72. The maximum Gasteiger partial charge on any atom is 0.133 e. The van der Waals surface area contributed by atoms with Gasteiger partial charge in [0.05, 0.1) is 12.7 Å². The first kappa shape index (κ1) is 17.7. The topological polar surface area (TPSA) is 46.5 Å². The van der Waals surface area contributed by atoms with Crippen LogP contribution in [0.25, 0.3) is 0 Å². The molecule has 140 valence electrons. The molecule has 25 heavy (non-hydrogen) atoms. The first-order chi connectivity index (χ1) is 11.9. The number of rotatable bonds is 3. The molecule has 3 fully saturated rings. The van der Waals surface area contributed by atoms with Crippen molar-refractivity contribution in [1.29, 1.82) is 0 Å². The average Bonchev–Trinajstić information content (AvgIpc) is 2.93. The van der Waals surface area contributed by atoms with Gasteiger partial charge < -0.3 is 9.84 Å². The zero-order chi connectivity index (χ0) is 17.8. The smallest absolute Gasteiger partial charge is 0.133 e. The number of fused-ring (bicyclic) bond motifs is 5. The van der Waals surface area contributed by atoms with Crippen molar-refractivity contribution in [3.8, 4) is 0 Å². The highest BCUT2D eigenvalue weighted by Crippen LogP contribution is 2.66. The summed E-state index contributed by atoms with van der Waals surface area (Å²) in [4.78, 5) is 12.2. The number of hydrogen-bond donors (Lipinski definition) is 1. The minimum atomic E-state index is -0.171. The molecule has 0 aromatic rings. The van der Waals surface area contributed by atoms with Crippen LogP contribution in [-0.4, -0.2) is 30.7 Å². The molecule has 3 nitrogen and oxygen atoms in total. The number of aliphatic hydroxyl groups excluding tert-OH is 1. The summed E-state index contributed by atoms with van der Waals surface area (Å²) in [6.45, 7) is 5.00. The fraction of sp³-hybridized carbons (Fsp3) is 0.864. The molecule has 0 bridgehead atoms. The minimum Gasteiger partial charge on any atom is -0.393 e. The van der Waals surface area contributed by atoms with E-state index in [9.17, 15) is 9.90 Å². The Bertz CT molecular complexity index is 582. The van der Waals surface area contributed by atoms with Gasteiger partial charge >= 0.3 is 0 Å². The van der Waals surface area contributed by atoms with Gasteiger partial charge in [0, 0.05) is 18.4 Å². The molecule has 4 aliphatic rings. The molecule has 0 aromatic heterocycles. The van der Waals surface area contributed by atoms with Gasteiger partial charge in [0.2, 0.25) is 0 Å². The fourth-order valence-electron chi connectivity index (χ4n) is 7.63. The number of ketones is 1. The van der Waals surface area contributed by atoms with E-state index in [1.165, 1.54) is 24.8 Å². The number of carbonyl (C=O) groups is 1. The van der Waals surface area contributed by atoms with Crippen molar-refractivity contribution in [2.24, 2.45) is 34.5 Å². The van der Waals surface area contributed by atoms with E-state index in [4.69, 9.17) is 4.74 Å². The Kier molecular flexibility index (Phi) is 4.39. The first-order valence-corrected chi connectivity index (χ1v) is 10.3. The maximum absolute atomic E-state index is 12.2. The van der Waals surface area contributed by atoms with Crippen molar-refractivity contribution < 1.29 is 14.6 Å². The molecule has 4 aliphatic carbocycles. The lowest BCUT2D eigenvalue weighted by molar-refractivity contribution is -0.128. The Morgan fingerprint density at radius 2 is 2.04 bits per heavy atom. The molecular formula is C22H34O3. The van der Waals surface area contributed by atoms with E-state index in [0.29, 0.717) is 23.5 Å². The number of aliphatic hydroxyl groups is 1. The summed E-state index contributed by atoms with van der Waals surface area (Å²) >= 11 is 0. The molecule has 0 radical (unpaired) electrons. The Morgan fingerprint density at radius 3 is 2.76 bits per heavy atom. The predicted octanol–water partition coefficient (Wildman–Crippen LogP) is 4.14. The van der Waals surface area contributed by atoms with E-state index in [-0.39, 0.29) is 22.9 Å². The van der Waals surface area contributed by atoms with Crippen LogP contribution in [0, 0.1) is 34.5 Å². The van der Waals surface area contributed by atoms with Crippen LogP contribution >= 0.6 is 0 Å². The Morgan fingerprint density at radius 1 is 1.24 bits per heavy atom. The van der Waals surface area contributed by atoms with Crippen molar-refractivity contribution in [3.05, 3.63) is 11.6 Å². The quantitative estimate of drug-likeness (QED) is 0.781. The molecule has 3 heteroatoms. The van der Waals surface area contributed by atoms with Crippen LogP contribution in [0.1, 0.15) is 65.2 Å². The molecule has 7 atom stereocenters. The highest BCUT2D eigenvalue weighted by Gasteiger charge is 2.60. The molecule has 0 heterocycles. The summed E-state index contributed by atoms with van der Waals surface area (Å²) in [7, 11) is 1.83. The average molecular weight is 347 g/mol. The highest BCUT2D eigenvalue weighted by atomic mass is 16.5. The number of methoxy groups -OCH3 is 1. The van der Waals surface area contributed by atoms with E-state index in [1.807, 2.05) is 7.11 Å². The van der Waals surface area contributed by atoms with Gasteiger partial charge in [-0.3, -0.25) is 4.79 Å². The van der Waals surface area contributed by atoms with E-state index in [2.05, 4.69) is 13.0 Å². The molecule has 0 spiro atoms. The van der Waals surface area contributed by atoms with Gasteiger partial charge in [-0.05, 0) is 81.5 Å². The highest BCUT2D eigenvalue weighted by molar-refractivity contribution is 5.79. The van der Waals surface area contributed by atoms with Crippen LogP contribution in [-0.2, 0) is 9.53 Å². The van der Waals surface area contributed by atoms with E-state index < -0.39 is 0 Å². The summed E-state index contributed by atoms with van der Waals surface area (Å²) in [5, 5.41) is 10.2. The van der Waals surface area contributed by atoms with Crippen LogP contribution in [0.4, 0.5) is 0 Å². The third-order valence-electron chi connectivity index (χ3n) is 8.69.